The Hall–Kier alpha value is -3.36. The molecule has 0 bridgehead atoms. The smallest absolute Gasteiger partial charge is 0.312 e. The van der Waals surface area contributed by atoms with Crippen LogP contribution in [-0.2, 0) is 22.6 Å². The first-order chi connectivity index (χ1) is 19.0. The van der Waals surface area contributed by atoms with Crippen LogP contribution in [0.25, 0.3) is 0 Å². The van der Waals surface area contributed by atoms with E-state index in [9.17, 15) is 9.59 Å². The molecule has 9 heteroatoms. The maximum atomic E-state index is 12.0. The molecular weight excluding hydrogens is 492 g/mol. The number of carboxylic acid groups (broad SMARTS) is 1. The van der Waals surface area contributed by atoms with Gasteiger partial charge >= 0.3 is 5.97 Å². The lowest BCUT2D eigenvalue weighted by molar-refractivity contribution is -0.144. The third-order valence-corrected chi connectivity index (χ3v) is 8.02. The van der Waals surface area contributed by atoms with Crippen LogP contribution in [0.4, 0.5) is 17.6 Å². The zero-order valence-corrected chi connectivity index (χ0v) is 23.1. The summed E-state index contributed by atoms with van der Waals surface area (Å²) in [6, 6.07) is 10.5. The lowest BCUT2D eigenvalue weighted by Gasteiger charge is -2.35. The minimum atomic E-state index is -1.11. The standard InChI is InChI=1S/C30H44N6O3/c31-26-20-27(35-16-18-36(19-17-35)28(37)21-29(38)39)34-30(33-26)32-22-25-14-12-24(13-15-25)11-5-2-1-4-8-23-9-6-3-7-10-23/h12-15,20,23H,1-11,16-19,21-22H2,(H,38,39)(H3,31,32,33,34). The number of nitrogens with two attached hydrogens (primary N) is 1. The summed E-state index contributed by atoms with van der Waals surface area (Å²) in [5, 5.41) is 12.1. The summed E-state index contributed by atoms with van der Waals surface area (Å²) in [4.78, 5) is 35.4. The van der Waals surface area contributed by atoms with Crippen LogP contribution in [0.3, 0.4) is 0 Å². The molecule has 4 N–H and O–H groups in total. The van der Waals surface area contributed by atoms with E-state index in [0.717, 1.165) is 17.9 Å². The molecule has 1 saturated heterocycles. The average molecular weight is 537 g/mol. The van der Waals surface area contributed by atoms with Gasteiger partial charge < -0.3 is 26.0 Å². The highest BCUT2D eigenvalue weighted by Gasteiger charge is 2.24. The number of anilines is 3. The molecule has 0 atom stereocenters. The Bertz CT molecular complexity index is 1060. The van der Waals surface area contributed by atoms with Crippen molar-refractivity contribution in [2.45, 2.75) is 83.6 Å². The Labute approximate surface area is 232 Å². The van der Waals surface area contributed by atoms with Crippen LogP contribution in [0.1, 0.15) is 81.8 Å². The fraction of sp³-hybridized carbons (Fsp3) is 0.600. The molecule has 2 aromatic rings. The normalized spacial score (nSPS) is 16.3. The monoisotopic (exact) mass is 536 g/mol. The van der Waals surface area contributed by atoms with Crippen LogP contribution in [0.15, 0.2) is 30.3 Å². The summed E-state index contributed by atoms with van der Waals surface area (Å²) in [7, 11) is 0. The summed E-state index contributed by atoms with van der Waals surface area (Å²) in [6.45, 7) is 2.62. The van der Waals surface area contributed by atoms with Crippen molar-refractivity contribution in [2.75, 3.05) is 42.1 Å². The van der Waals surface area contributed by atoms with E-state index in [1.807, 2.05) is 4.90 Å². The van der Waals surface area contributed by atoms with Gasteiger partial charge in [0, 0.05) is 38.8 Å². The number of piperazine rings is 1. The number of nitrogens with zero attached hydrogens (tertiary/aromatic N) is 4. The molecular formula is C30H44N6O3. The van der Waals surface area contributed by atoms with Crippen molar-refractivity contribution in [1.82, 2.24) is 14.9 Å². The van der Waals surface area contributed by atoms with Gasteiger partial charge in [0.1, 0.15) is 18.1 Å². The van der Waals surface area contributed by atoms with Gasteiger partial charge in [-0.3, -0.25) is 9.59 Å². The number of nitrogens with one attached hydrogen (secondary N) is 1. The largest absolute Gasteiger partial charge is 0.481 e. The van der Waals surface area contributed by atoms with E-state index in [2.05, 4.69) is 39.6 Å². The minimum Gasteiger partial charge on any atom is -0.481 e. The second-order valence-corrected chi connectivity index (χ2v) is 11.0. The molecule has 0 spiro atoms. The SMILES string of the molecule is Nc1cc(N2CCN(C(=O)CC(=O)O)CC2)nc(NCc2ccc(CCCCCCC3CCCCC3)cc2)n1. The number of benzene rings is 1. The molecule has 1 aromatic heterocycles. The van der Waals surface area contributed by atoms with E-state index >= 15 is 0 Å². The molecule has 4 rings (SSSR count). The molecule has 9 nitrogen and oxygen atoms in total. The van der Waals surface area contributed by atoms with Crippen molar-refractivity contribution in [3.63, 3.8) is 0 Å². The van der Waals surface area contributed by atoms with Gasteiger partial charge in [-0.1, -0.05) is 82.1 Å². The van der Waals surface area contributed by atoms with Crippen LogP contribution in [-0.4, -0.2) is 58.0 Å². The summed E-state index contributed by atoms with van der Waals surface area (Å²) in [6.07, 6.45) is 14.7. The van der Waals surface area contributed by atoms with Crippen molar-refractivity contribution in [1.29, 1.82) is 0 Å². The summed E-state index contributed by atoms with van der Waals surface area (Å²) >= 11 is 0. The highest BCUT2D eigenvalue weighted by atomic mass is 16.4. The number of rotatable bonds is 13. The predicted octanol–water partition coefficient (Wildman–Crippen LogP) is 4.87. The number of nitrogen functional groups attached to an aromatic ring is 1. The number of unbranched alkanes of at least 4 members (excludes halogenated alkanes) is 3. The summed E-state index contributed by atoms with van der Waals surface area (Å²) < 4.78 is 0. The van der Waals surface area contributed by atoms with Crippen LogP contribution in [0.2, 0.25) is 0 Å². The first kappa shape index (κ1) is 28.6. The highest BCUT2D eigenvalue weighted by Crippen LogP contribution is 2.28. The molecule has 1 aliphatic carbocycles. The van der Waals surface area contributed by atoms with Crippen LogP contribution in [0.5, 0.6) is 0 Å². The molecule has 1 aliphatic heterocycles. The second kappa shape index (κ2) is 14.7. The van der Waals surface area contributed by atoms with Gasteiger partial charge in [0.25, 0.3) is 0 Å². The lowest BCUT2D eigenvalue weighted by Crippen LogP contribution is -2.49. The molecule has 2 heterocycles. The Morgan fingerprint density at radius 1 is 0.923 bits per heavy atom. The number of carbonyl (C=O) groups is 2. The minimum absolute atomic E-state index is 0.359. The number of hydrogen-bond donors (Lipinski definition) is 3. The molecule has 39 heavy (non-hydrogen) atoms. The quantitative estimate of drug-likeness (QED) is 0.245. The van der Waals surface area contributed by atoms with Gasteiger partial charge in [-0.15, -0.1) is 0 Å². The van der Waals surface area contributed by atoms with Crippen molar-refractivity contribution in [3.8, 4) is 0 Å². The number of carboxylic acids is 1. The fourth-order valence-electron chi connectivity index (χ4n) is 5.72. The topological polar surface area (TPSA) is 125 Å². The van der Waals surface area contributed by atoms with Crippen molar-refractivity contribution in [2.24, 2.45) is 5.92 Å². The van der Waals surface area contributed by atoms with Gasteiger partial charge in [-0.25, -0.2) is 0 Å². The first-order valence-electron chi connectivity index (χ1n) is 14.7. The molecule has 1 saturated carbocycles. The number of aromatic nitrogens is 2. The van der Waals surface area contributed by atoms with Crippen molar-refractivity contribution >= 4 is 29.5 Å². The van der Waals surface area contributed by atoms with Crippen LogP contribution < -0.4 is 16.0 Å². The van der Waals surface area contributed by atoms with E-state index in [4.69, 9.17) is 10.8 Å². The van der Waals surface area contributed by atoms with Crippen LogP contribution in [0, 0.1) is 5.92 Å². The van der Waals surface area contributed by atoms with E-state index < -0.39 is 12.4 Å². The van der Waals surface area contributed by atoms with E-state index in [0.29, 0.717) is 50.3 Å². The highest BCUT2D eigenvalue weighted by molar-refractivity contribution is 5.93. The molecule has 1 aromatic carbocycles. The zero-order valence-electron chi connectivity index (χ0n) is 23.1. The van der Waals surface area contributed by atoms with Gasteiger partial charge in [0.15, 0.2) is 0 Å². The zero-order chi connectivity index (χ0) is 27.5. The fourth-order valence-corrected chi connectivity index (χ4v) is 5.72. The second-order valence-electron chi connectivity index (χ2n) is 11.0. The van der Waals surface area contributed by atoms with Gasteiger partial charge in [0.2, 0.25) is 11.9 Å². The Morgan fingerprint density at radius 3 is 2.33 bits per heavy atom. The Kier molecular flexibility index (Phi) is 10.8. The number of hydrogen-bond acceptors (Lipinski definition) is 7. The van der Waals surface area contributed by atoms with Gasteiger partial charge in [-0.05, 0) is 29.9 Å². The third-order valence-electron chi connectivity index (χ3n) is 8.02. The van der Waals surface area contributed by atoms with Gasteiger partial charge in [0.05, 0.1) is 0 Å². The molecule has 1 amide bonds. The lowest BCUT2D eigenvalue weighted by atomic mass is 9.85. The average Bonchev–Trinajstić information content (AvgIpc) is 2.94. The molecule has 2 fully saturated rings. The molecule has 0 radical (unpaired) electrons. The number of amides is 1. The Morgan fingerprint density at radius 2 is 1.62 bits per heavy atom. The van der Waals surface area contributed by atoms with Crippen LogP contribution >= 0.6 is 0 Å². The van der Waals surface area contributed by atoms with E-state index in [1.165, 1.54) is 69.8 Å². The third kappa shape index (κ3) is 9.41. The summed E-state index contributed by atoms with van der Waals surface area (Å²) in [5.74, 6) is 1.08. The van der Waals surface area contributed by atoms with E-state index in [1.54, 1.807) is 11.0 Å². The molecule has 0 unspecified atom stereocenters. The van der Waals surface area contributed by atoms with E-state index in [-0.39, 0.29) is 5.91 Å². The molecule has 2 aliphatic rings. The number of aryl methyl sites for hydroxylation is 1. The predicted molar refractivity (Wildman–Crippen MR) is 155 cm³/mol. The van der Waals surface area contributed by atoms with Crippen molar-refractivity contribution < 1.29 is 14.7 Å². The van der Waals surface area contributed by atoms with Gasteiger partial charge in [-0.2, -0.15) is 9.97 Å². The number of aliphatic carboxylic acids is 1. The Balaban J connectivity index is 1.17. The molecule has 212 valence electrons. The maximum absolute atomic E-state index is 12.0. The number of carbonyl (C=O) groups excluding carboxylic acids is 1. The maximum Gasteiger partial charge on any atom is 0.312 e. The van der Waals surface area contributed by atoms with Crippen molar-refractivity contribution in [3.05, 3.63) is 41.5 Å². The summed E-state index contributed by atoms with van der Waals surface area (Å²) in [5.41, 5.74) is 8.59. The first-order valence-corrected chi connectivity index (χ1v) is 14.7.